The van der Waals surface area contributed by atoms with Crippen LogP contribution in [0.25, 0.3) is 0 Å². The summed E-state index contributed by atoms with van der Waals surface area (Å²) in [6, 6.07) is 0. The maximum Gasteiger partial charge on any atom is 0.309 e. The zero-order chi connectivity index (χ0) is 12.1. The molecule has 0 aromatic heterocycles. The second-order valence-corrected chi connectivity index (χ2v) is 5.38. The van der Waals surface area contributed by atoms with Crippen LogP contribution in [-0.4, -0.2) is 12.6 Å². The molecule has 0 aromatic carbocycles. The van der Waals surface area contributed by atoms with Crippen molar-refractivity contribution in [1.29, 1.82) is 0 Å². The second-order valence-electron chi connectivity index (χ2n) is 4.37. The smallest absolute Gasteiger partial charge is 0.309 e. The Morgan fingerprint density at radius 3 is 2.75 bits per heavy atom. The first-order chi connectivity index (χ1) is 7.50. The SMILES string of the molecule is CC(C)COC(=O)C1CC1C=CC=C(Cl)Cl. The summed E-state index contributed by atoms with van der Waals surface area (Å²) in [5, 5.41) is 0. The van der Waals surface area contributed by atoms with Crippen molar-refractivity contribution < 1.29 is 9.53 Å². The van der Waals surface area contributed by atoms with Crippen LogP contribution >= 0.6 is 23.2 Å². The summed E-state index contributed by atoms with van der Waals surface area (Å²) in [5.74, 6) is 0.597. The number of ether oxygens (including phenoxy) is 1. The lowest BCUT2D eigenvalue weighted by Gasteiger charge is -2.05. The van der Waals surface area contributed by atoms with E-state index in [2.05, 4.69) is 0 Å². The lowest BCUT2D eigenvalue weighted by molar-refractivity contribution is -0.146. The van der Waals surface area contributed by atoms with Gasteiger partial charge in [0.2, 0.25) is 0 Å². The van der Waals surface area contributed by atoms with E-state index in [0.717, 1.165) is 6.42 Å². The van der Waals surface area contributed by atoms with Crippen molar-refractivity contribution in [2.45, 2.75) is 20.3 Å². The molecule has 2 nitrogen and oxygen atoms in total. The molecule has 0 aromatic rings. The van der Waals surface area contributed by atoms with E-state index in [1.807, 2.05) is 19.9 Å². The van der Waals surface area contributed by atoms with Gasteiger partial charge in [0, 0.05) is 0 Å². The highest BCUT2D eigenvalue weighted by atomic mass is 35.5. The van der Waals surface area contributed by atoms with Crippen LogP contribution in [-0.2, 0) is 9.53 Å². The fourth-order valence-electron chi connectivity index (χ4n) is 1.33. The van der Waals surface area contributed by atoms with Gasteiger partial charge in [-0.1, -0.05) is 49.2 Å². The molecule has 2 atom stereocenters. The van der Waals surface area contributed by atoms with Gasteiger partial charge in [-0.25, -0.2) is 0 Å². The number of hydrogen-bond acceptors (Lipinski definition) is 2. The third kappa shape index (κ3) is 5.04. The van der Waals surface area contributed by atoms with Crippen molar-refractivity contribution in [3.05, 3.63) is 22.7 Å². The van der Waals surface area contributed by atoms with Crippen molar-refractivity contribution in [3.8, 4) is 0 Å². The van der Waals surface area contributed by atoms with Gasteiger partial charge in [-0.05, 0) is 24.3 Å². The monoisotopic (exact) mass is 262 g/mol. The Kier molecular flexibility index (Phi) is 5.36. The molecule has 0 radical (unpaired) electrons. The van der Waals surface area contributed by atoms with Gasteiger partial charge in [-0.15, -0.1) is 0 Å². The molecule has 0 heterocycles. The Balaban J connectivity index is 2.25. The third-order valence-electron chi connectivity index (χ3n) is 2.28. The van der Waals surface area contributed by atoms with Crippen LogP contribution in [0.5, 0.6) is 0 Å². The molecule has 2 unspecified atom stereocenters. The topological polar surface area (TPSA) is 26.3 Å². The molecular weight excluding hydrogens is 247 g/mol. The quantitative estimate of drug-likeness (QED) is 0.558. The van der Waals surface area contributed by atoms with Crippen LogP contribution in [0.15, 0.2) is 22.7 Å². The number of rotatable bonds is 5. The fraction of sp³-hybridized carbons (Fsp3) is 0.583. The molecular formula is C12H16Cl2O2. The summed E-state index contributed by atoms with van der Waals surface area (Å²) in [6.45, 7) is 4.54. The zero-order valence-electron chi connectivity index (χ0n) is 9.45. The molecule has 1 saturated carbocycles. The molecule has 0 saturated heterocycles. The standard InChI is InChI=1S/C12H16Cl2O2/c1-8(2)7-16-12(15)10-6-9(10)4-3-5-11(13)14/h3-5,8-10H,6-7H2,1-2H3. The molecule has 90 valence electrons. The average molecular weight is 263 g/mol. The molecule has 0 amide bonds. The lowest BCUT2D eigenvalue weighted by Crippen LogP contribution is -2.12. The first-order valence-electron chi connectivity index (χ1n) is 5.37. The normalized spacial score (nSPS) is 23.6. The molecule has 1 rings (SSSR count). The highest BCUT2D eigenvalue weighted by molar-refractivity contribution is 6.55. The van der Waals surface area contributed by atoms with Gasteiger partial charge < -0.3 is 4.74 Å². The lowest BCUT2D eigenvalue weighted by atomic mass is 10.2. The first kappa shape index (κ1) is 13.6. The van der Waals surface area contributed by atoms with Gasteiger partial charge in [-0.3, -0.25) is 4.79 Å². The Hall–Kier alpha value is -0.470. The van der Waals surface area contributed by atoms with E-state index in [0.29, 0.717) is 12.5 Å². The van der Waals surface area contributed by atoms with E-state index in [1.54, 1.807) is 12.2 Å². The summed E-state index contributed by atoms with van der Waals surface area (Å²) in [4.78, 5) is 11.5. The Morgan fingerprint density at radius 1 is 1.50 bits per heavy atom. The number of hydrogen-bond donors (Lipinski definition) is 0. The van der Waals surface area contributed by atoms with E-state index < -0.39 is 0 Å². The minimum absolute atomic E-state index is 0.0255. The minimum atomic E-state index is -0.0932. The maximum absolute atomic E-state index is 11.5. The largest absolute Gasteiger partial charge is 0.465 e. The van der Waals surface area contributed by atoms with Crippen LogP contribution in [0, 0.1) is 17.8 Å². The Labute approximate surface area is 106 Å². The molecule has 1 aliphatic rings. The van der Waals surface area contributed by atoms with E-state index in [4.69, 9.17) is 27.9 Å². The molecule has 1 aliphatic carbocycles. The summed E-state index contributed by atoms with van der Waals surface area (Å²) >= 11 is 10.9. The number of carbonyl (C=O) groups is 1. The summed E-state index contributed by atoms with van der Waals surface area (Å²) < 4.78 is 5.36. The van der Waals surface area contributed by atoms with Crippen molar-refractivity contribution in [3.63, 3.8) is 0 Å². The van der Waals surface area contributed by atoms with E-state index in [-0.39, 0.29) is 22.3 Å². The molecule has 0 spiro atoms. The van der Waals surface area contributed by atoms with E-state index in [9.17, 15) is 4.79 Å². The highest BCUT2D eigenvalue weighted by Crippen LogP contribution is 2.40. The predicted molar refractivity (Wildman–Crippen MR) is 66.3 cm³/mol. The Morgan fingerprint density at radius 2 is 2.19 bits per heavy atom. The van der Waals surface area contributed by atoms with Crippen LogP contribution < -0.4 is 0 Å². The molecule has 0 aliphatic heterocycles. The van der Waals surface area contributed by atoms with E-state index >= 15 is 0 Å². The molecule has 4 heteroatoms. The zero-order valence-corrected chi connectivity index (χ0v) is 11.0. The first-order valence-corrected chi connectivity index (χ1v) is 6.12. The van der Waals surface area contributed by atoms with E-state index in [1.165, 1.54) is 0 Å². The van der Waals surface area contributed by atoms with Gasteiger partial charge in [0.05, 0.1) is 12.5 Å². The van der Waals surface area contributed by atoms with Crippen molar-refractivity contribution >= 4 is 29.2 Å². The highest BCUT2D eigenvalue weighted by Gasteiger charge is 2.42. The molecule has 1 fully saturated rings. The van der Waals surface area contributed by atoms with Crippen molar-refractivity contribution in [2.24, 2.45) is 17.8 Å². The number of allylic oxidation sites excluding steroid dienone is 3. The second kappa shape index (κ2) is 6.31. The Bertz CT molecular complexity index is 304. The van der Waals surface area contributed by atoms with Gasteiger partial charge >= 0.3 is 5.97 Å². The minimum Gasteiger partial charge on any atom is -0.465 e. The predicted octanol–water partition coefficient (Wildman–Crippen LogP) is 3.70. The maximum atomic E-state index is 11.5. The fourth-order valence-corrected chi connectivity index (χ4v) is 1.47. The van der Waals surface area contributed by atoms with Gasteiger partial charge in [-0.2, -0.15) is 0 Å². The van der Waals surface area contributed by atoms with Gasteiger partial charge in [0.1, 0.15) is 4.49 Å². The molecule has 0 N–H and O–H groups in total. The van der Waals surface area contributed by atoms with Crippen molar-refractivity contribution in [1.82, 2.24) is 0 Å². The summed E-state index contributed by atoms with van der Waals surface area (Å²) in [6.07, 6.45) is 6.17. The third-order valence-corrected chi connectivity index (χ3v) is 2.53. The molecule has 16 heavy (non-hydrogen) atoms. The average Bonchev–Trinajstić information content (AvgIpc) is 2.93. The number of esters is 1. The number of halogens is 2. The van der Waals surface area contributed by atoms with Crippen molar-refractivity contribution in [2.75, 3.05) is 6.61 Å². The van der Waals surface area contributed by atoms with Crippen LogP contribution in [0.1, 0.15) is 20.3 Å². The molecule has 0 bridgehead atoms. The van der Waals surface area contributed by atoms with Gasteiger partial charge in [0.25, 0.3) is 0 Å². The number of carbonyl (C=O) groups excluding carboxylic acids is 1. The summed E-state index contributed by atoms with van der Waals surface area (Å²) in [7, 11) is 0. The van der Waals surface area contributed by atoms with Crippen LogP contribution in [0.3, 0.4) is 0 Å². The van der Waals surface area contributed by atoms with Gasteiger partial charge in [0.15, 0.2) is 0 Å². The van der Waals surface area contributed by atoms with Crippen LogP contribution in [0.4, 0.5) is 0 Å². The van der Waals surface area contributed by atoms with Crippen LogP contribution in [0.2, 0.25) is 0 Å². The summed E-state index contributed by atoms with van der Waals surface area (Å²) in [5.41, 5.74) is 0.